The van der Waals surface area contributed by atoms with Crippen LogP contribution in [0.5, 0.6) is 0 Å². The molecule has 2 aromatic rings. The minimum Gasteiger partial charge on any atom is -0.288 e. The van der Waals surface area contributed by atoms with E-state index in [2.05, 4.69) is 11.4 Å². The maximum absolute atomic E-state index is 11.8. The van der Waals surface area contributed by atoms with E-state index in [1.54, 1.807) is 22.7 Å². The van der Waals surface area contributed by atoms with E-state index >= 15 is 0 Å². The molecule has 1 aliphatic rings. The van der Waals surface area contributed by atoms with Crippen LogP contribution in [-0.4, -0.2) is 5.78 Å². The summed E-state index contributed by atoms with van der Waals surface area (Å²) in [5.74, 6) is 0.215. The molecule has 0 fully saturated rings. The minimum absolute atomic E-state index is 0.215. The molecule has 1 aliphatic carbocycles. The van der Waals surface area contributed by atoms with Crippen molar-refractivity contribution in [2.75, 3.05) is 0 Å². The summed E-state index contributed by atoms with van der Waals surface area (Å²) in [7, 11) is 0. The van der Waals surface area contributed by atoms with Crippen molar-refractivity contribution in [3.8, 4) is 0 Å². The van der Waals surface area contributed by atoms with E-state index in [-0.39, 0.29) is 5.78 Å². The summed E-state index contributed by atoms with van der Waals surface area (Å²) in [6, 6.07) is 2.05. The number of rotatable bonds is 0. The molecule has 0 saturated heterocycles. The van der Waals surface area contributed by atoms with Crippen molar-refractivity contribution in [2.45, 2.75) is 6.42 Å². The zero-order valence-corrected chi connectivity index (χ0v) is 8.37. The van der Waals surface area contributed by atoms with Gasteiger partial charge in [0.2, 0.25) is 5.78 Å². The molecule has 1 nitrogen and oxygen atoms in total. The lowest BCUT2D eigenvalue weighted by Crippen LogP contribution is -2.09. The predicted octanol–water partition coefficient (Wildman–Crippen LogP) is 2.94. The third-order valence-corrected chi connectivity index (χ3v) is 4.07. The largest absolute Gasteiger partial charge is 0.288 e. The van der Waals surface area contributed by atoms with Crippen LogP contribution in [0.25, 0.3) is 0 Å². The van der Waals surface area contributed by atoms with Gasteiger partial charge in [0.1, 0.15) is 0 Å². The Labute approximate surface area is 83.7 Å². The highest BCUT2D eigenvalue weighted by atomic mass is 32.1. The zero-order chi connectivity index (χ0) is 8.84. The summed E-state index contributed by atoms with van der Waals surface area (Å²) in [6.07, 6.45) is 0.934. The Kier molecular flexibility index (Phi) is 1.45. The molecule has 3 heteroatoms. The first-order valence-electron chi connectivity index (χ1n) is 4.02. The first-order chi connectivity index (χ1) is 6.36. The van der Waals surface area contributed by atoms with Gasteiger partial charge in [0.15, 0.2) is 0 Å². The molecule has 13 heavy (non-hydrogen) atoms. The molecule has 0 saturated carbocycles. The molecule has 64 valence electrons. The summed E-state index contributed by atoms with van der Waals surface area (Å²) in [5, 5.41) is 6.03. The smallest absolute Gasteiger partial charge is 0.204 e. The molecule has 0 radical (unpaired) electrons. The summed E-state index contributed by atoms with van der Waals surface area (Å²) in [5.41, 5.74) is 3.31. The third kappa shape index (κ3) is 0.943. The number of hydrogen-bond donors (Lipinski definition) is 0. The fourth-order valence-electron chi connectivity index (χ4n) is 1.66. The van der Waals surface area contributed by atoms with Crippen LogP contribution >= 0.6 is 22.7 Å². The van der Waals surface area contributed by atoms with E-state index in [9.17, 15) is 4.79 Å². The molecule has 0 N–H and O–H groups in total. The van der Waals surface area contributed by atoms with Gasteiger partial charge in [-0.25, -0.2) is 0 Å². The average Bonchev–Trinajstić information content (AvgIpc) is 2.71. The number of carbonyl (C=O) groups excluding carboxylic acids is 1. The number of thiophene rings is 2. The molecule has 3 rings (SSSR count). The molecule has 0 aliphatic heterocycles. The monoisotopic (exact) mass is 206 g/mol. The fraction of sp³-hybridized carbons (Fsp3) is 0.100. The molecule has 2 aromatic heterocycles. The Morgan fingerprint density at radius 2 is 2.15 bits per heavy atom. The van der Waals surface area contributed by atoms with Gasteiger partial charge in [-0.05, 0) is 28.0 Å². The second-order valence-electron chi connectivity index (χ2n) is 3.09. The number of carbonyl (C=O) groups is 1. The Hall–Kier alpha value is -0.930. The Balaban J connectivity index is 2.27. The molecular weight excluding hydrogens is 200 g/mol. The first-order valence-corrected chi connectivity index (χ1v) is 5.84. The van der Waals surface area contributed by atoms with Gasteiger partial charge in [-0.15, -0.1) is 11.3 Å². The highest BCUT2D eigenvalue weighted by Crippen LogP contribution is 2.32. The zero-order valence-electron chi connectivity index (χ0n) is 6.74. The molecule has 0 unspecified atom stereocenters. The molecule has 0 aromatic carbocycles. The summed E-state index contributed by atoms with van der Waals surface area (Å²) in [4.78, 5) is 12.8. The van der Waals surface area contributed by atoms with Crippen LogP contribution in [0.4, 0.5) is 0 Å². The topological polar surface area (TPSA) is 17.1 Å². The van der Waals surface area contributed by atoms with Gasteiger partial charge in [-0.1, -0.05) is 0 Å². The highest BCUT2D eigenvalue weighted by molar-refractivity contribution is 7.13. The summed E-state index contributed by atoms with van der Waals surface area (Å²) in [6.45, 7) is 0. The van der Waals surface area contributed by atoms with Crippen LogP contribution in [0.2, 0.25) is 0 Å². The number of fused-ring (bicyclic) bond motifs is 2. The normalized spacial score (nSPS) is 14.0. The van der Waals surface area contributed by atoms with Crippen molar-refractivity contribution >= 4 is 28.5 Å². The Morgan fingerprint density at radius 3 is 3.08 bits per heavy atom. The van der Waals surface area contributed by atoms with Crippen molar-refractivity contribution in [1.29, 1.82) is 0 Å². The van der Waals surface area contributed by atoms with Gasteiger partial charge in [0, 0.05) is 17.4 Å². The quantitative estimate of drug-likeness (QED) is 0.552. The van der Waals surface area contributed by atoms with Crippen LogP contribution in [0.1, 0.15) is 26.4 Å². The van der Waals surface area contributed by atoms with Gasteiger partial charge in [-0.2, -0.15) is 11.3 Å². The molecule has 0 spiro atoms. The standard InChI is InChI=1S/C10H6OS2/c11-9-8-5-12-4-7(8)3-6-1-2-13-10(6)9/h1-2,4-5H,3H2. The second kappa shape index (κ2) is 2.53. The van der Waals surface area contributed by atoms with Crippen molar-refractivity contribution in [3.05, 3.63) is 43.8 Å². The van der Waals surface area contributed by atoms with Crippen LogP contribution in [0.15, 0.2) is 22.2 Å². The molecule has 2 heterocycles. The lowest BCUT2D eigenvalue weighted by atomic mass is 9.94. The van der Waals surface area contributed by atoms with E-state index < -0.39 is 0 Å². The van der Waals surface area contributed by atoms with Gasteiger partial charge >= 0.3 is 0 Å². The molecule has 0 atom stereocenters. The maximum Gasteiger partial charge on any atom is 0.204 e. The van der Waals surface area contributed by atoms with Crippen LogP contribution < -0.4 is 0 Å². The van der Waals surface area contributed by atoms with Crippen LogP contribution in [0.3, 0.4) is 0 Å². The van der Waals surface area contributed by atoms with E-state index in [1.165, 1.54) is 11.1 Å². The predicted molar refractivity (Wildman–Crippen MR) is 54.9 cm³/mol. The highest BCUT2D eigenvalue weighted by Gasteiger charge is 2.24. The first kappa shape index (κ1) is 7.47. The Bertz CT molecular complexity index is 436. The third-order valence-electron chi connectivity index (χ3n) is 2.32. The minimum atomic E-state index is 0.215. The second-order valence-corrected chi connectivity index (χ2v) is 4.75. The number of hydrogen-bond acceptors (Lipinski definition) is 3. The van der Waals surface area contributed by atoms with Gasteiger partial charge in [0.05, 0.1) is 4.88 Å². The fourth-order valence-corrected chi connectivity index (χ4v) is 3.38. The van der Waals surface area contributed by atoms with E-state index in [4.69, 9.17) is 0 Å². The van der Waals surface area contributed by atoms with Gasteiger partial charge < -0.3 is 0 Å². The maximum atomic E-state index is 11.8. The van der Waals surface area contributed by atoms with E-state index in [0.717, 1.165) is 16.9 Å². The molecular formula is C10H6OS2. The average molecular weight is 206 g/mol. The summed E-state index contributed by atoms with van der Waals surface area (Å²) < 4.78 is 0. The van der Waals surface area contributed by atoms with Crippen LogP contribution in [0, 0.1) is 0 Å². The molecule has 0 bridgehead atoms. The Morgan fingerprint density at radius 1 is 1.23 bits per heavy atom. The van der Waals surface area contributed by atoms with Crippen molar-refractivity contribution < 1.29 is 4.79 Å². The van der Waals surface area contributed by atoms with Crippen molar-refractivity contribution in [3.63, 3.8) is 0 Å². The van der Waals surface area contributed by atoms with Gasteiger partial charge in [0.25, 0.3) is 0 Å². The summed E-state index contributed by atoms with van der Waals surface area (Å²) >= 11 is 3.17. The van der Waals surface area contributed by atoms with E-state index in [1.807, 2.05) is 10.8 Å². The van der Waals surface area contributed by atoms with E-state index in [0.29, 0.717) is 0 Å². The van der Waals surface area contributed by atoms with Gasteiger partial charge in [-0.3, -0.25) is 4.79 Å². The van der Waals surface area contributed by atoms with Crippen molar-refractivity contribution in [2.24, 2.45) is 0 Å². The SMILES string of the molecule is O=C1c2cscc2Cc2ccsc21. The number of ketones is 1. The lowest BCUT2D eigenvalue weighted by molar-refractivity contribution is 0.103. The van der Waals surface area contributed by atoms with Crippen LogP contribution in [-0.2, 0) is 6.42 Å². The molecule has 0 amide bonds. The lowest BCUT2D eigenvalue weighted by Gasteiger charge is -2.09. The van der Waals surface area contributed by atoms with Crippen molar-refractivity contribution in [1.82, 2.24) is 0 Å².